The zero-order chi connectivity index (χ0) is 17.1. The lowest BCUT2D eigenvalue weighted by atomic mass is 10.1. The van der Waals surface area contributed by atoms with Crippen molar-refractivity contribution in [3.05, 3.63) is 70.0 Å². The summed E-state index contributed by atoms with van der Waals surface area (Å²) in [7, 11) is 0. The van der Waals surface area contributed by atoms with Gasteiger partial charge in [0, 0.05) is 12.1 Å². The van der Waals surface area contributed by atoms with Crippen LogP contribution in [0.4, 0.5) is 5.69 Å². The Morgan fingerprint density at radius 3 is 2.62 bits per heavy atom. The fourth-order valence-electron chi connectivity index (χ4n) is 2.46. The summed E-state index contributed by atoms with van der Waals surface area (Å²) in [6.07, 6.45) is 0.155. The van der Waals surface area contributed by atoms with Crippen LogP contribution in [-0.4, -0.2) is 20.8 Å². The molecule has 0 aliphatic rings. The zero-order valence-corrected chi connectivity index (χ0v) is 13.0. The average molecular weight is 324 g/mol. The van der Waals surface area contributed by atoms with Crippen LogP contribution in [0.15, 0.2) is 48.5 Å². The minimum atomic E-state index is -0.465. The largest absolute Gasteiger partial charge is 0.346 e. The van der Waals surface area contributed by atoms with E-state index in [1.54, 1.807) is 12.1 Å². The number of H-pyrrole nitrogens is 1. The maximum atomic E-state index is 12.1. The minimum absolute atomic E-state index is 0.00908. The number of aromatic amines is 1. The number of amides is 1. The Hall–Kier alpha value is -3.22. The highest BCUT2D eigenvalue weighted by Gasteiger charge is 2.14. The van der Waals surface area contributed by atoms with E-state index < -0.39 is 4.92 Å². The van der Waals surface area contributed by atoms with Gasteiger partial charge in [0.2, 0.25) is 5.91 Å². The van der Waals surface area contributed by atoms with E-state index in [4.69, 9.17) is 0 Å². The molecule has 2 N–H and O–H groups in total. The fourth-order valence-corrected chi connectivity index (χ4v) is 2.46. The summed E-state index contributed by atoms with van der Waals surface area (Å²) in [4.78, 5) is 29.9. The predicted octanol–water partition coefficient (Wildman–Crippen LogP) is 2.89. The van der Waals surface area contributed by atoms with Crippen LogP contribution in [0, 0.1) is 10.1 Å². The van der Waals surface area contributed by atoms with Crippen LogP contribution in [0.3, 0.4) is 0 Å². The van der Waals surface area contributed by atoms with E-state index in [0.29, 0.717) is 5.82 Å². The number of carbonyl (C=O) groups excluding carboxylic acids is 1. The first-order valence-electron chi connectivity index (χ1n) is 7.50. The molecule has 2 aromatic carbocycles. The van der Waals surface area contributed by atoms with Gasteiger partial charge in [-0.25, -0.2) is 4.98 Å². The van der Waals surface area contributed by atoms with Gasteiger partial charge in [-0.3, -0.25) is 14.9 Å². The van der Waals surface area contributed by atoms with Crippen molar-refractivity contribution in [2.24, 2.45) is 0 Å². The topological polar surface area (TPSA) is 101 Å². The van der Waals surface area contributed by atoms with Gasteiger partial charge in [0.1, 0.15) is 5.82 Å². The molecule has 1 amide bonds. The van der Waals surface area contributed by atoms with Crippen molar-refractivity contribution < 1.29 is 9.72 Å². The van der Waals surface area contributed by atoms with Crippen LogP contribution in [0.25, 0.3) is 11.0 Å². The van der Waals surface area contributed by atoms with Crippen molar-refractivity contribution in [3.63, 3.8) is 0 Å². The standard InChI is InChI=1S/C17H16N4O3/c1-11(17-19-14-4-2-3-5-15(14)20-17)18-16(22)10-12-6-8-13(9-7-12)21(23)24/h2-9,11H,10H2,1H3,(H,18,22)(H,19,20). The van der Waals surface area contributed by atoms with Gasteiger partial charge in [-0.2, -0.15) is 0 Å². The van der Waals surface area contributed by atoms with Gasteiger partial charge in [-0.1, -0.05) is 24.3 Å². The van der Waals surface area contributed by atoms with Gasteiger partial charge >= 0.3 is 0 Å². The number of nitro groups is 1. The van der Waals surface area contributed by atoms with Crippen LogP contribution in [0.2, 0.25) is 0 Å². The number of rotatable bonds is 5. The van der Waals surface area contributed by atoms with E-state index in [2.05, 4.69) is 15.3 Å². The summed E-state index contributed by atoms with van der Waals surface area (Å²) in [6, 6.07) is 13.4. The molecule has 7 heteroatoms. The number of aromatic nitrogens is 2. The first kappa shape index (κ1) is 15.7. The highest BCUT2D eigenvalue weighted by molar-refractivity contribution is 5.79. The molecule has 0 spiro atoms. The monoisotopic (exact) mass is 324 g/mol. The molecule has 0 radical (unpaired) electrons. The number of fused-ring (bicyclic) bond motifs is 1. The molecule has 1 unspecified atom stereocenters. The normalized spacial score (nSPS) is 12.0. The molecule has 0 fully saturated rings. The zero-order valence-electron chi connectivity index (χ0n) is 13.0. The molecule has 0 saturated heterocycles. The minimum Gasteiger partial charge on any atom is -0.346 e. The summed E-state index contributed by atoms with van der Waals surface area (Å²) in [5.74, 6) is 0.519. The van der Waals surface area contributed by atoms with Crippen molar-refractivity contribution in [1.29, 1.82) is 0 Å². The van der Waals surface area contributed by atoms with Crippen molar-refractivity contribution in [3.8, 4) is 0 Å². The Kier molecular flexibility index (Phi) is 4.24. The first-order chi connectivity index (χ1) is 11.5. The molecule has 0 saturated carbocycles. The highest BCUT2D eigenvalue weighted by Crippen LogP contribution is 2.16. The second-order valence-electron chi connectivity index (χ2n) is 5.53. The van der Waals surface area contributed by atoms with Crippen LogP contribution in [0.1, 0.15) is 24.4 Å². The third kappa shape index (κ3) is 3.40. The molecule has 24 heavy (non-hydrogen) atoms. The van der Waals surface area contributed by atoms with Crippen LogP contribution in [0.5, 0.6) is 0 Å². The van der Waals surface area contributed by atoms with Crippen molar-refractivity contribution in [2.45, 2.75) is 19.4 Å². The Balaban J connectivity index is 1.64. The first-order valence-corrected chi connectivity index (χ1v) is 7.50. The molecule has 3 aromatic rings. The summed E-state index contributed by atoms with van der Waals surface area (Å²) < 4.78 is 0. The fraction of sp³-hybridized carbons (Fsp3) is 0.176. The van der Waals surface area contributed by atoms with E-state index in [-0.39, 0.29) is 24.1 Å². The Morgan fingerprint density at radius 1 is 1.25 bits per heavy atom. The Morgan fingerprint density at radius 2 is 1.96 bits per heavy atom. The van der Waals surface area contributed by atoms with Gasteiger partial charge < -0.3 is 10.3 Å². The number of nitrogens with zero attached hydrogens (tertiary/aromatic N) is 2. The molecule has 122 valence electrons. The van der Waals surface area contributed by atoms with Gasteiger partial charge in [-0.15, -0.1) is 0 Å². The third-order valence-corrected chi connectivity index (χ3v) is 3.71. The summed E-state index contributed by atoms with van der Waals surface area (Å²) >= 11 is 0. The lowest BCUT2D eigenvalue weighted by Crippen LogP contribution is -2.28. The lowest BCUT2D eigenvalue weighted by molar-refractivity contribution is -0.384. The van der Waals surface area contributed by atoms with E-state index in [1.165, 1.54) is 12.1 Å². The predicted molar refractivity (Wildman–Crippen MR) is 89.5 cm³/mol. The van der Waals surface area contributed by atoms with E-state index in [9.17, 15) is 14.9 Å². The molecule has 3 rings (SSSR count). The molecule has 0 aliphatic carbocycles. The number of hydrogen-bond acceptors (Lipinski definition) is 4. The van der Waals surface area contributed by atoms with E-state index in [0.717, 1.165) is 16.6 Å². The van der Waals surface area contributed by atoms with E-state index >= 15 is 0 Å². The van der Waals surface area contributed by atoms with Crippen molar-refractivity contribution in [2.75, 3.05) is 0 Å². The van der Waals surface area contributed by atoms with Gasteiger partial charge in [0.05, 0.1) is 28.4 Å². The number of imidazole rings is 1. The third-order valence-electron chi connectivity index (χ3n) is 3.71. The van der Waals surface area contributed by atoms with E-state index in [1.807, 2.05) is 31.2 Å². The molecular weight excluding hydrogens is 308 g/mol. The number of nitrogens with one attached hydrogen (secondary N) is 2. The van der Waals surface area contributed by atoms with Gasteiger partial charge in [0.15, 0.2) is 0 Å². The molecule has 1 aromatic heterocycles. The number of benzene rings is 2. The van der Waals surface area contributed by atoms with Crippen molar-refractivity contribution >= 4 is 22.6 Å². The summed E-state index contributed by atoms with van der Waals surface area (Å²) in [6.45, 7) is 1.85. The summed E-state index contributed by atoms with van der Waals surface area (Å²) in [5, 5.41) is 13.5. The van der Waals surface area contributed by atoms with Gasteiger partial charge in [0.25, 0.3) is 5.69 Å². The molecule has 0 bridgehead atoms. The Bertz CT molecular complexity index is 853. The SMILES string of the molecule is CC(NC(=O)Cc1ccc([N+](=O)[O-])cc1)c1nc2ccccc2[nH]1. The number of nitro benzene ring substituents is 1. The van der Waals surface area contributed by atoms with Gasteiger partial charge in [-0.05, 0) is 24.6 Å². The lowest BCUT2D eigenvalue weighted by Gasteiger charge is -2.11. The number of hydrogen-bond donors (Lipinski definition) is 2. The molecule has 0 aliphatic heterocycles. The molecule has 1 atom stereocenters. The van der Waals surface area contributed by atoms with Crippen LogP contribution in [-0.2, 0) is 11.2 Å². The molecular formula is C17H16N4O3. The van der Waals surface area contributed by atoms with Crippen LogP contribution >= 0.6 is 0 Å². The number of non-ortho nitro benzene ring substituents is 1. The number of carbonyl (C=O) groups is 1. The highest BCUT2D eigenvalue weighted by atomic mass is 16.6. The summed E-state index contributed by atoms with van der Waals surface area (Å²) in [5.41, 5.74) is 2.50. The smallest absolute Gasteiger partial charge is 0.269 e. The second kappa shape index (κ2) is 6.49. The molecule has 7 nitrogen and oxygen atoms in total. The quantitative estimate of drug-likeness (QED) is 0.556. The van der Waals surface area contributed by atoms with Crippen LogP contribution < -0.4 is 5.32 Å². The van der Waals surface area contributed by atoms with Crippen molar-refractivity contribution in [1.82, 2.24) is 15.3 Å². The Labute approximate surface area is 137 Å². The maximum Gasteiger partial charge on any atom is 0.269 e. The number of para-hydroxylation sites is 2. The second-order valence-corrected chi connectivity index (χ2v) is 5.53. The maximum absolute atomic E-state index is 12.1. The average Bonchev–Trinajstić information content (AvgIpc) is 2.99. The molecule has 1 heterocycles.